The topological polar surface area (TPSA) is 38.3 Å². The third kappa shape index (κ3) is 2.69. The zero-order valence-electron chi connectivity index (χ0n) is 8.56. The van der Waals surface area contributed by atoms with Crippen LogP contribution < -0.4 is 5.32 Å². The van der Waals surface area contributed by atoms with Crippen LogP contribution >= 0.6 is 0 Å². The molecule has 1 amide bonds. The number of ether oxygens (including phenoxy) is 1. The van der Waals surface area contributed by atoms with Crippen LogP contribution in [0.5, 0.6) is 0 Å². The van der Waals surface area contributed by atoms with Crippen LogP contribution in [0, 0.1) is 5.41 Å². The van der Waals surface area contributed by atoms with Gasteiger partial charge in [-0.15, -0.1) is 0 Å². The molecule has 3 heteroatoms. The fourth-order valence-electron chi connectivity index (χ4n) is 1.56. The van der Waals surface area contributed by atoms with Crippen molar-refractivity contribution in [3.8, 4) is 0 Å². The van der Waals surface area contributed by atoms with E-state index in [-0.39, 0.29) is 11.3 Å². The Labute approximate surface area is 79.8 Å². The lowest BCUT2D eigenvalue weighted by molar-refractivity contribution is -0.137. The van der Waals surface area contributed by atoms with Gasteiger partial charge in [0.05, 0.1) is 12.0 Å². The predicted octanol–water partition coefficient (Wildman–Crippen LogP) is 1.33. The van der Waals surface area contributed by atoms with E-state index in [0.29, 0.717) is 6.61 Å². The lowest BCUT2D eigenvalue weighted by Gasteiger charge is -2.31. The molecule has 1 unspecified atom stereocenters. The number of carbonyl (C=O) groups excluding carboxylic acids is 1. The van der Waals surface area contributed by atoms with Crippen LogP contribution in [0.2, 0.25) is 0 Å². The molecule has 3 nitrogen and oxygen atoms in total. The summed E-state index contributed by atoms with van der Waals surface area (Å²) >= 11 is 0. The summed E-state index contributed by atoms with van der Waals surface area (Å²) in [7, 11) is 0. The van der Waals surface area contributed by atoms with Gasteiger partial charge in [0, 0.05) is 13.2 Å². The molecule has 76 valence electrons. The highest BCUT2D eigenvalue weighted by Gasteiger charge is 2.34. The average Bonchev–Trinajstić information content (AvgIpc) is 2.15. The number of hydrogen-bond acceptors (Lipinski definition) is 2. The smallest absolute Gasteiger partial charge is 0.228 e. The molecule has 0 bridgehead atoms. The van der Waals surface area contributed by atoms with E-state index >= 15 is 0 Å². The summed E-state index contributed by atoms with van der Waals surface area (Å²) in [6.45, 7) is 6.19. The number of nitrogens with one attached hydrogen (secondary N) is 1. The third-order valence-corrected chi connectivity index (χ3v) is 2.52. The van der Waals surface area contributed by atoms with Gasteiger partial charge in [0.2, 0.25) is 5.91 Å². The zero-order chi connectivity index (χ0) is 9.73. The Kier molecular flexibility index (Phi) is 3.72. The van der Waals surface area contributed by atoms with E-state index in [1.54, 1.807) is 0 Å². The summed E-state index contributed by atoms with van der Waals surface area (Å²) in [5.41, 5.74) is -0.284. The van der Waals surface area contributed by atoms with Gasteiger partial charge in [0.1, 0.15) is 0 Å². The largest absolute Gasteiger partial charge is 0.380 e. The molecule has 1 aliphatic rings. The molecule has 0 aliphatic carbocycles. The van der Waals surface area contributed by atoms with Gasteiger partial charge in [-0.2, -0.15) is 0 Å². The summed E-state index contributed by atoms with van der Waals surface area (Å²) in [6.07, 6.45) is 2.93. The summed E-state index contributed by atoms with van der Waals surface area (Å²) in [5, 5.41) is 2.92. The standard InChI is InChI=1S/C10H19NO2/c1-3-6-11-9(12)10(2)5-4-7-13-8-10/h3-8H2,1-2H3,(H,11,12). The predicted molar refractivity (Wildman–Crippen MR) is 51.5 cm³/mol. The fourth-order valence-corrected chi connectivity index (χ4v) is 1.56. The van der Waals surface area contributed by atoms with Gasteiger partial charge in [-0.25, -0.2) is 0 Å². The Morgan fingerprint density at radius 1 is 1.62 bits per heavy atom. The van der Waals surface area contributed by atoms with Crippen LogP contribution in [0.3, 0.4) is 0 Å². The SMILES string of the molecule is CCCNC(=O)C1(C)CCCOC1. The van der Waals surface area contributed by atoms with Crippen molar-refractivity contribution in [2.45, 2.75) is 33.1 Å². The second-order valence-electron chi connectivity index (χ2n) is 3.97. The molecule has 0 aromatic heterocycles. The highest BCUT2D eigenvalue weighted by atomic mass is 16.5. The number of carbonyl (C=O) groups is 1. The summed E-state index contributed by atoms with van der Waals surface area (Å²) in [4.78, 5) is 11.7. The van der Waals surface area contributed by atoms with Crippen LogP contribution in [0.15, 0.2) is 0 Å². The number of amides is 1. The van der Waals surface area contributed by atoms with Crippen molar-refractivity contribution in [1.29, 1.82) is 0 Å². The third-order valence-electron chi connectivity index (χ3n) is 2.52. The van der Waals surface area contributed by atoms with Crippen molar-refractivity contribution < 1.29 is 9.53 Å². The van der Waals surface area contributed by atoms with E-state index < -0.39 is 0 Å². The Morgan fingerprint density at radius 3 is 2.92 bits per heavy atom. The van der Waals surface area contributed by atoms with Crippen molar-refractivity contribution >= 4 is 5.91 Å². The van der Waals surface area contributed by atoms with Crippen LogP contribution in [0.1, 0.15) is 33.1 Å². The maximum Gasteiger partial charge on any atom is 0.228 e. The quantitative estimate of drug-likeness (QED) is 0.720. The van der Waals surface area contributed by atoms with Crippen molar-refractivity contribution in [2.75, 3.05) is 19.8 Å². The molecule has 1 atom stereocenters. The Morgan fingerprint density at radius 2 is 2.38 bits per heavy atom. The maximum atomic E-state index is 11.7. The lowest BCUT2D eigenvalue weighted by Crippen LogP contribution is -2.44. The second kappa shape index (κ2) is 4.61. The number of rotatable bonds is 3. The summed E-state index contributed by atoms with van der Waals surface area (Å²) in [6, 6.07) is 0. The lowest BCUT2D eigenvalue weighted by atomic mass is 9.84. The molecule has 0 aromatic carbocycles. The molecule has 1 heterocycles. The van der Waals surface area contributed by atoms with E-state index in [0.717, 1.165) is 32.4 Å². The first-order valence-corrected chi connectivity index (χ1v) is 5.05. The molecule has 0 aromatic rings. The molecule has 0 radical (unpaired) electrons. The highest BCUT2D eigenvalue weighted by molar-refractivity contribution is 5.82. The van der Waals surface area contributed by atoms with E-state index in [2.05, 4.69) is 12.2 Å². The summed E-state index contributed by atoms with van der Waals surface area (Å²) < 4.78 is 5.33. The monoisotopic (exact) mass is 185 g/mol. The second-order valence-corrected chi connectivity index (χ2v) is 3.97. The average molecular weight is 185 g/mol. The molecular formula is C10H19NO2. The minimum atomic E-state index is -0.284. The van der Waals surface area contributed by atoms with Crippen molar-refractivity contribution in [3.05, 3.63) is 0 Å². The van der Waals surface area contributed by atoms with Gasteiger partial charge in [0.15, 0.2) is 0 Å². The Balaban J connectivity index is 2.42. The van der Waals surface area contributed by atoms with Gasteiger partial charge < -0.3 is 10.1 Å². The van der Waals surface area contributed by atoms with E-state index in [1.165, 1.54) is 0 Å². The van der Waals surface area contributed by atoms with Crippen molar-refractivity contribution in [3.63, 3.8) is 0 Å². The van der Waals surface area contributed by atoms with E-state index in [9.17, 15) is 4.79 Å². The minimum Gasteiger partial charge on any atom is -0.380 e. The van der Waals surface area contributed by atoms with E-state index in [4.69, 9.17) is 4.74 Å². The van der Waals surface area contributed by atoms with Crippen LogP contribution in [0.25, 0.3) is 0 Å². The Bertz CT molecular complexity index is 174. The minimum absolute atomic E-state index is 0.147. The fraction of sp³-hybridized carbons (Fsp3) is 0.900. The molecule has 1 N–H and O–H groups in total. The Hall–Kier alpha value is -0.570. The van der Waals surface area contributed by atoms with Gasteiger partial charge in [0.25, 0.3) is 0 Å². The molecule has 13 heavy (non-hydrogen) atoms. The first kappa shape index (κ1) is 10.5. The van der Waals surface area contributed by atoms with Crippen molar-refractivity contribution in [2.24, 2.45) is 5.41 Å². The van der Waals surface area contributed by atoms with Crippen LogP contribution in [-0.4, -0.2) is 25.7 Å². The van der Waals surface area contributed by atoms with Gasteiger partial charge in [-0.1, -0.05) is 6.92 Å². The molecule has 1 fully saturated rings. The van der Waals surface area contributed by atoms with Crippen LogP contribution in [-0.2, 0) is 9.53 Å². The molecule has 1 rings (SSSR count). The summed E-state index contributed by atoms with van der Waals surface area (Å²) in [5.74, 6) is 0.147. The molecule has 1 aliphatic heterocycles. The van der Waals surface area contributed by atoms with E-state index in [1.807, 2.05) is 6.92 Å². The highest BCUT2D eigenvalue weighted by Crippen LogP contribution is 2.27. The molecule has 0 saturated carbocycles. The first-order valence-electron chi connectivity index (χ1n) is 5.05. The molecule has 0 spiro atoms. The number of hydrogen-bond donors (Lipinski definition) is 1. The van der Waals surface area contributed by atoms with Gasteiger partial charge >= 0.3 is 0 Å². The normalized spacial score (nSPS) is 28.5. The maximum absolute atomic E-state index is 11.7. The van der Waals surface area contributed by atoms with Crippen LogP contribution in [0.4, 0.5) is 0 Å². The molecule has 1 saturated heterocycles. The van der Waals surface area contributed by atoms with Gasteiger partial charge in [-0.3, -0.25) is 4.79 Å². The van der Waals surface area contributed by atoms with Crippen molar-refractivity contribution in [1.82, 2.24) is 5.32 Å². The zero-order valence-corrected chi connectivity index (χ0v) is 8.56. The first-order chi connectivity index (χ1) is 6.19. The van der Waals surface area contributed by atoms with Gasteiger partial charge in [-0.05, 0) is 26.2 Å². The molecular weight excluding hydrogens is 166 g/mol.